The van der Waals surface area contributed by atoms with Crippen LogP contribution in [0.25, 0.3) is 0 Å². The van der Waals surface area contributed by atoms with Crippen molar-refractivity contribution in [3.8, 4) is 0 Å². The van der Waals surface area contributed by atoms with E-state index in [2.05, 4.69) is 43.1 Å². The number of carboxylic acid groups (broad SMARTS) is 1. The van der Waals surface area contributed by atoms with E-state index in [0.29, 0.717) is 29.7 Å². The Bertz CT molecular complexity index is 1100. The summed E-state index contributed by atoms with van der Waals surface area (Å²) < 4.78 is 5.74. The van der Waals surface area contributed by atoms with Gasteiger partial charge in [-0.05, 0) is 60.6 Å². The number of nitrogens with zero attached hydrogens (tertiary/aromatic N) is 1. The molecule has 0 spiro atoms. The molecule has 2 aliphatic heterocycles. The Morgan fingerprint density at radius 1 is 1.16 bits per heavy atom. The van der Waals surface area contributed by atoms with Gasteiger partial charge in [0.2, 0.25) is 5.91 Å². The van der Waals surface area contributed by atoms with Gasteiger partial charge in [-0.1, -0.05) is 61.3 Å². The second-order valence-electron chi connectivity index (χ2n) is 10.6. The number of aliphatic carboxylic acids is 1. The highest BCUT2D eigenvalue weighted by Crippen LogP contribution is 2.43. The van der Waals surface area contributed by atoms with Crippen molar-refractivity contribution >= 4 is 35.1 Å². The number of hydrogen-bond acceptors (Lipinski definition) is 4. The van der Waals surface area contributed by atoms with Crippen LogP contribution in [0.4, 0.5) is 0 Å². The van der Waals surface area contributed by atoms with Gasteiger partial charge < -0.3 is 15.2 Å². The number of morpholine rings is 1. The fourth-order valence-electron chi connectivity index (χ4n) is 6.13. The van der Waals surface area contributed by atoms with Crippen LogP contribution in [0.2, 0.25) is 10.0 Å². The van der Waals surface area contributed by atoms with Gasteiger partial charge in [-0.2, -0.15) is 0 Å². The molecule has 2 aromatic carbocycles. The third-order valence-corrected chi connectivity index (χ3v) is 8.72. The summed E-state index contributed by atoms with van der Waals surface area (Å²) >= 11 is 12.6. The van der Waals surface area contributed by atoms with E-state index in [9.17, 15) is 14.7 Å². The Hall–Kier alpha value is -2.12. The van der Waals surface area contributed by atoms with Gasteiger partial charge >= 0.3 is 5.97 Å². The summed E-state index contributed by atoms with van der Waals surface area (Å²) in [6.45, 7) is 8.80. The SMILES string of the molecule is CC(C(c1ccc(Cl)cc1)N1CCOCC1C)[C@H](C)[C@@H]1NC(=O)[C@@H](CC(=O)O)C[C@@H]1c1cccc(Cl)c1. The predicted octanol–water partition coefficient (Wildman–Crippen LogP) is 5.79. The fraction of sp³-hybridized carbons (Fsp3) is 0.517. The molecule has 8 heteroatoms. The summed E-state index contributed by atoms with van der Waals surface area (Å²) in [5, 5.41) is 14.0. The molecule has 2 N–H and O–H groups in total. The lowest BCUT2D eigenvalue weighted by Gasteiger charge is -2.47. The average Bonchev–Trinajstić information content (AvgIpc) is 2.86. The van der Waals surface area contributed by atoms with E-state index in [4.69, 9.17) is 27.9 Å². The molecule has 4 rings (SSSR count). The Kier molecular flexibility index (Phi) is 9.17. The van der Waals surface area contributed by atoms with Crippen LogP contribution in [-0.4, -0.2) is 53.7 Å². The van der Waals surface area contributed by atoms with E-state index in [1.165, 1.54) is 5.56 Å². The molecule has 2 heterocycles. The Morgan fingerprint density at radius 2 is 1.89 bits per heavy atom. The summed E-state index contributed by atoms with van der Waals surface area (Å²) in [4.78, 5) is 27.1. The molecule has 0 bridgehead atoms. The quantitative estimate of drug-likeness (QED) is 0.438. The smallest absolute Gasteiger partial charge is 0.304 e. The van der Waals surface area contributed by atoms with E-state index < -0.39 is 11.9 Å². The maximum atomic E-state index is 13.1. The molecule has 2 aromatic rings. The van der Waals surface area contributed by atoms with Crippen molar-refractivity contribution in [2.24, 2.45) is 17.8 Å². The van der Waals surface area contributed by atoms with Gasteiger partial charge in [0.1, 0.15) is 0 Å². The Morgan fingerprint density at radius 3 is 2.54 bits per heavy atom. The van der Waals surface area contributed by atoms with Crippen LogP contribution in [0.15, 0.2) is 48.5 Å². The Balaban J connectivity index is 1.69. The lowest BCUT2D eigenvalue weighted by Crippen LogP contribution is -2.55. The monoisotopic (exact) mass is 546 g/mol. The zero-order chi connectivity index (χ0) is 26.7. The molecule has 2 fully saturated rings. The summed E-state index contributed by atoms with van der Waals surface area (Å²) in [7, 11) is 0. The van der Waals surface area contributed by atoms with Gasteiger partial charge in [-0.3, -0.25) is 14.5 Å². The van der Waals surface area contributed by atoms with Gasteiger partial charge in [0.25, 0.3) is 0 Å². The minimum atomic E-state index is -0.964. The number of piperidine rings is 1. The second kappa shape index (κ2) is 12.2. The van der Waals surface area contributed by atoms with Gasteiger partial charge in [0, 0.05) is 46.6 Å². The van der Waals surface area contributed by atoms with Gasteiger partial charge in [-0.15, -0.1) is 0 Å². The van der Waals surface area contributed by atoms with Gasteiger partial charge in [-0.25, -0.2) is 0 Å². The number of carbonyl (C=O) groups excluding carboxylic acids is 1. The van der Waals surface area contributed by atoms with Crippen LogP contribution >= 0.6 is 23.2 Å². The molecule has 0 radical (unpaired) electrons. The van der Waals surface area contributed by atoms with Gasteiger partial charge in [0.05, 0.1) is 19.6 Å². The predicted molar refractivity (Wildman–Crippen MR) is 146 cm³/mol. The third kappa shape index (κ3) is 6.48. The first kappa shape index (κ1) is 27.9. The highest BCUT2D eigenvalue weighted by atomic mass is 35.5. The summed E-state index contributed by atoms with van der Waals surface area (Å²) in [6.07, 6.45) is 0.290. The number of carbonyl (C=O) groups is 2. The van der Waals surface area contributed by atoms with E-state index in [1.807, 2.05) is 36.4 Å². The lowest BCUT2D eigenvalue weighted by molar-refractivity contribution is -0.142. The maximum absolute atomic E-state index is 13.1. The standard InChI is InChI=1S/C29H36Cl2N2O4/c1-17-16-37-12-11-33(17)28(20-7-9-23(30)10-8-20)19(3)18(2)27-25(21-5-4-6-24(31)13-21)14-22(15-26(34)35)29(36)32-27/h4-10,13,17-19,22,25,27-28H,11-12,14-16H2,1-3H3,(H,32,36)(H,34,35)/t17?,18-,19?,22+,25+,27-,28?/m0/s1. The van der Waals surface area contributed by atoms with E-state index >= 15 is 0 Å². The number of benzene rings is 2. The molecule has 1 amide bonds. The number of ether oxygens (including phenoxy) is 1. The summed E-state index contributed by atoms with van der Waals surface area (Å²) in [6, 6.07) is 15.9. The van der Waals surface area contributed by atoms with Crippen molar-refractivity contribution < 1.29 is 19.4 Å². The zero-order valence-corrected chi connectivity index (χ0v) is 23.1. The van der Waals surface area contributed by atoms with Crippen LogP contribution < -0.4 is 5.32 Å². The zero-order valence-electron chi connectivity index (χ0n) is 21.6. The van der Waals surface area contributed by atoms with E-state index in [-0.39, 0.29) is 48.2 Å². The molecular weight excluding hydrogens is 511 g/mol. The Labute approximate surface area is 229 Å². The first-order valence-electron chi connectivity index (χ1n) is 13.0. The second-order valence-corrected chi connectivity index (χ2v) is 11.5. The largest absolute Gasteiger partial charge is 0.481 e. The molecule has 6 nitrogen and oxygen atoms in total. The first-order chi connectivity index (χ1) is 17.7. The van der Waals surface area contributed by atoms with Crippen LogP contribution in [0.3, 0.4) is 0 Å². The summed E-state index contributed by atoms with van der Waals surface area (Å²) in [5.41, 5.74) is 2.21. The van der Waals surface area contributed by atoms with Crippen molar-refractivity contribution in [2.45, 2.75) is 57.7 Å². The van der Waals surface area contributed by atoms with Crippen molar-refractivity contribution in [1.82, 2.24) is 10.2 Å². The lowest BCUT2D eigenvalue weighted by atomic mass is 9.69. The molecule has 3 unspecified atom stereocenters. The van der Waals surface area contributed by atoms with E-state index in [0.717, 1.165) is 12.1 Å². The number of hydrogen-bond donors (Lipinski definition) is 2. The number of carboxylic acids is 1. The van der Waals surface area contributed by atoms with Crippen LogP contribution in [-0.2, 0) is 14.3 Å². The molecule has 2 saturated heterocycles. The van der Waals surface area contributed by atoms with Crippen molar-refractivity contribution in [1.29, 1.82) is 0 Å². The average molecular weight is 548 g/mol. The van der Waals surface area contributed by atoms with Crippen molar-refractivity contribution in [2.75, 3.05) is 19.8 Å². The minimum absolute atomic E-state index is 0.0498. The first-order valence-corrected chi connectivity index (χ1v) is 13.8. The normalized spacial score (nSPS) is 27.2. The number of nitrogens with one attached hydrogen (secondary N) is 1. The molecule has 37 heavy (non-hydrogen) atoms. The molecular formula is C29H36Cl2N2O4. The highest BCUT2D eigenvalue weighted by Gasteiger charge is 2.44. The van der Waals surface area contributed by atoms with Crippen LogP contribution in [0.1, 0.15) is 56.7 Å². The highest BCUT2D eigenvalue weighted by molar-refractivity contribution is 6.30. The van der Waals surface area contributed by atoms with Crippen LogP contribution in [0.5, 0.6) is 0 Å². The molecule has 0 aliphatic carbocycles. The molecule has 2 aliphatic rings. The summed E-state index contributed by atoms with van der Waals surface area (Å²) in [5.74, 6) is -1.54. The number of amides is 1. The number of halogens is 2. The van der Waals surface area contributed by atoms with E-state index in [1.54, 1.807) is 0 Å². The van der Waals surface area contributed by atoms with Gasteiger partial charge in [0.15, 0.2) is 0 Å². The number of rotatable bonds is 8. The topological polar surface area (TPSA) is 78.9 Å². The molecule has 0 aromatic heterocycles. The van der Waals surface area contributed by atoms with Crippen molar-refractivity contribution in [3.05, 3.63) is 69.7 Å². The minimum Gasteiger partial charge on any atom is -0.481 e. The molecule has 0 saturated carbocycles. The van der Waals surface area contributed by atoms with Crippen molar-refractivity contribution in [3.63, 3.8) is 0 Å². The van der Waals surface area contributed by atoms with Crippen LogP contribution in [0, 0.1) is 17.8 Å². The fourth-order valence-corrected chi connectivity index (χ4v) is 6.46. The molecule has 7 atom stereocenters. The molecule has 200 valence electrons. The third-order valence-electron chi connectivity index (χ3n) is 8.23. The maximum Gasteiger partial charge on any atom is 0.304 e.